The lowest BCUT2D eigenvalue weighted by atomic mass is 9.61. The van der Waals surface area contributed by atoms with E-state index in [9.17, 15) is 19.2 Å². The number of aldehydes is 1. The fourth-order valence-corrected chi connectivity index (χ4v) is 11.6. The Morgan fingerprint density at radius 1 is 0.957 bits per heavy atom. The average Bonchev–Trinajstić information content (AvgIpc) is 3.67. The highest BCUT2D eigenvalue weighted by Crippen LogP contribution is 2.52. The number of pyridine rings is 2. The Labute approximate surface area is 399 Å². The van der Waals surface area contributed by atoms with Gasteiger partial charge >= 0.3 is 6.18 Å². The highest BCUT2D eigenvalue weighted by Gasteiger charge is 2.53. The number of amides is 2. The molecule has 9 rings (SSSR count). The minimum atomic E-state index is -4.37. The van der Waals surface area contributed by atoms with Gasteiger partial charge in [-0.25, -0.2) is 4.98 Å². The predicted molar refractivity (Wildman–Crippen MR) is 253 cm³/mol. The van der Waals surface area contributed by atoms with Crippen molar-refractivity contribution in [1.29, 1.82) is 0 Å². The van der Waals surface area contributed by atoms with Gasteiger partial charge in [-0.3, -0.25) is 24.2 Å². The number of aryl methyl sites for hydroxylation is 1. The van der Waals surface area contributed by atoms with E-state index in [0.29, 0.717) is 113 Å². The van der Waals surface area contributed by atoms with E-state index >= 15 is 13.2 Å². The molecule has 370 valence electrons. The fraction of sp³-hybridized carbons (Fsp3) is 0.549. The number of hydrogen-bond acceptors (Lipinski definition) is 12. The SMILES string of the molecule is CNC(=O)C(CCC=O)N1Cc2ccc(OC3CC4(CCN(C(C5CCN(Cc6c(OC)cc(-c7cn(C)c(=O)c8cnc(N9CCOCC9)cc78)cc6OC)CC5)C(F)(F)F)CC4)C3)cc2C1=O. The number of aromatic nitrogens is 2. The van der Waals surface area contributed by atoms with E-state index in [4.69, 9.17) is 18.9 Å². The summed E-state index contributed by atoms with van der Waals surface area (Å²) < 4.78 is 70.6. The standard InChI is InChI=1S/C51H62F3N7O8/c1-55-47(63)42(6-5-19-62)61-29-33-7-8-35(24-37(33)49(61)65)69-36-26-50(27-36)11-15-60(16-12-50)46(51(52,53)54)32-9-13-58(14-10-32)31-41-43(66-3)22-34(23-44(41)67-4)40-30-57(2)48(64)39-28-56-45(25-38(39)40)59-17-20-68-21-18-59/h7-8,19,22-25,28,30,32,36,42,46H,5-6,9-18,20-21,26-27,29,31H2,1-4H3,(H,55,63). The molecule has 2 unspecified atom stereocenters. The van der Waals surface area contributed by atoms with Crippen LogP contribution >= 0.6 is 0 Å². The van der Waals surface area contributed by atoms with Crippen molar-refractivity contribution in [2.45, 2.75) is 88.8 Å². The average molecular weight is 958 g/mol. The van der Waals surface area contributed by atoms with Crippen molar-refractivity contribution in [2.24, 2.45) is 18.4 Å². The Balaban J connectivity index is 0.814. The molecule has 4 aromatic rings. The van der Waals surface area contributed by atoms with Gasteiger partial charge in [0.2, 0.25) is 5.91 Å². The van der Waals surface area contributed by atoms with Crippen LogP contribution < -0.4 is 30.0 Å². The lowest BCUT2D eigenvalue weighted by molar-refractivity contribution is -0.210. The van der Waals surface area contributed by atoms with Gasteiger partial charge in [0.15, 0.2) is 0 Å². The summed E-state index contributed by atoms with van der Waals surface area (Å²) in [4.78, 5) is 62.5. The number of methoxy groups -OCH3 is 2. The molecule has 0 bridgehead atoms. The first-order valence-corrected chi connectivity index (χ1v) is 24.1. The number of ether oxygens (including phenoxy) is 4. The first-order chi connectivity index (χ1) is 33.2. The Bertz CT molecular complexity index is 2590. The van der Waals surface area contributed by atoms with Crippen molar-refractivity contribution in [3.8, 4) is 28.4 Å². The molecule has 1 saturated carbocycles. The Kier molecular flexibility index (Phi) is 14.0. The summed E-state index contributed by atoms with van der Waals surface area (Å²) in [5, 5.41) is 3.84. The van der Waals surface area contributed by atoms with E-state index in [2.05, 4.69) is 20.1 Å². The zero-order valence-corrected chi connectivity index (χ0v) is 39.8. The number of hydrogen-bond donors (Lipinski definition) is 1. The first kappa shape index (κ1) is 48.3. The van der Waals surface area contributed by atoms with Crippen LogP contribution in [-0.4, -0.2) is 140 Å². The second-order valence-electron chi connectivity index (χ2n) is 19.4. The minimum Gasteiger partial charge on any atom is -0.496 e. The molecule has 6 heterocycles. The molecule has 2 amide bonds. The minimum absolute atomic E-state index is 0.0790. The van der Waals surface area contributed by atoms with Gasteiger partial charge in [0.1, 0.15) is 41.4 Å². The number of nitrogens with zero attached hydrogens (tertiary/aromatic N) is 6. The molecular weight excluding hydrogens is 896 g/mol. The topological polar surface area (TPSA) is 148 Å². The van der Waals surface area contributed by atoms with E-state index in [-0.39, 0.29) is 48.3 Å². The van der Waals surface area contributed by atoms with E-state index < -0.39 is 24.2 Å². The maximum absolute atomic E-state index is 15.1. The van der Waals surface area contributed by atoms with Gasteiger partial charge in [-0.1, -0.05) is 6.07 Å². The summed E-state index contributed by atoms with van der Waals surface area (Å²) in [5.74, 6) is 1.35. The van der Waals surface area contributed by atoms with Crippen LogP contribution in [0, 0.1) is 11.3 Å². The maximum Gasteiger partial charge on any atom is 0.404 e. The van der Waals surface area contributed by atoms with Crippen molar-refractivity contribution in [1.82, 2.24) is 29.6 Å². The molecule has 5 aliphatic rings. The van der Waals surface area contributed by atoms with E-state index in [1.165, 1.54) is 11.9 Å². The molecule has 15 nitrogen and oxygen atoms in total. The fourth-order valence-electron chi connectivity index (χ4n) is 11.6. The largest absolute Gasteiger partial charge is 0.496 e. The summed E-state index contributed by atoms with van der Waals surface area (Å²) >= 11 is 0. The molecule has 2 aromatic heterocycles. The Hall–Kier alpha value is -5.72. The number of alkyl halides is 3. The van der Waals surface area contributed by atoms with Gasteiger partial charge in [-0.05, 0) is 124 Å². The van der Waals surface area contributed by atoms with Crippen LogP contribution in [0.5, 0.6) is 17.2 Å². The van der Waals surface area contributed by atoms with Crippen LogP contribution in [0.3, 0.4) is 0 Å². The number of carbonyl (C=O) groups is 3. The number of fused-ring (bicyclic) bond motifs is 2. The summed E-state index contributed by atoms with van der Waals surface area (Å²) in [7, 11) is 6.41. The van der Waals surface area contributed by atoms with Gasteiger partial charge in [-0.2, -0.15) is 13.2 Å². The second-order valence-corrected chi connectivity index (χ2v) is 19.4. The van der Waals surface area contributed by atoms with E-state index in [1.807, 2.05) is 36.5 Å². The van der Waals surface area contributed by atoms with Crippen molar-refractivity contribution in [3.05, 3.63) is 75.8 Å². The number of piperidine rings is 2. The Morgan fingerprint density at radius 3 is 2.29 bits per heavy atom. The molecule has 1 aliphatic carbocycles. The van der Waals surface area contributed by atoms with Crippen LogP contribution in [0.1, 0.15) is 72.9 Å². The van der Waals surface area contributed by atoms with Crippen LogP contribution in [0.15, 0.2) is 53.6 Å². The third kappa shape index (κ3) is 9.76. The molecular formula is C51H62F3N7O8. The summed E-state index contributed by atoms with van der Waals surface area (Å²) in [5.41, 5.74) is 3.42. The molecule has 18 heteroatoms. The van der Waals surface area contributed by atoms with Crippen LogP contribution in [0.25, 0.3) is 21.9 Å². The number of nitrogens with one attached hydrogen (secondary N) is 1. The Morgan fingerprint density at radius 2 is 1.65 bits per heavy atom. The molecule has 0 radical (unpaired) electrons. The number of halogens is 3. The third-order valence-corrected chi connectivity index (χ3v) is 15.4. The summed E-state index contributed by atoms with van der Waals surface area (Å²) in [6.07, 6.45) is 3.70. The number of carbonyl (C=O) groups excluding carboxylic acids is 3. The molecule has 4 aliphatic heterocycles. The van der Waals surface area contributed by atoms with Gasteiger partial charge in [0, 0.05) is 75.6 Å². The molecule has 3 saturated heterocycles. The molecule has 2 atom stereocenters. The zero-order chi connectivity index (χ0) is 48.6. The maximum atomic E-state index is 15.1. The van der Waals surface area contributed by atoms with Crippen molar-refractivity contribution in [2.75, 3.05) is 78.6 Å². The second kappa shape index (κ2) is 19.9. The number of rotatable bonds is 15. The number of likely N-dealkylation sites (N-methyl/N-ethyl adjacent to an activating group) is 1. The van der Waals surface area contributed by atoms with Crippen molar-refractivity contribution in [3.63, 3.8) is 0 Å². The normalized spacial score (nSPS) is 20.1. The third-order valence-electron chi connectivity index (χ3n) is 15.4. The van der Waals surface area contributed by atoms with Crippen LogP contribution in [0.2, 0.25) is 0 Å². The molecule has 2 aromatic carbocycles. The zero-order valence-electron chi connectivity index (χ0n) is 39.8. The molecule has 4 fully saturated rings. The lowest BCUT2D eigenvalue weighted by Crippen LogP contribution is -2.58. The lowest BCUT2D eigenvalue weighted by Gasteiger charge is -2.53. The van der Waals surface area contributed by atoms with Crippen molar-refractivity contribution < 1.29 is 46.5 Å². The summed E-state index contributed by atoms with van der Waals surface area (Å²) in [6.45, 7) is 5.01. The van der Waals surface area contributed by atoms with Gasteiger partial charge in [-0.15, -0.1) is 0 Å². The van der Waals surface area contributed by atoms with Gasteiger partial charge in [0.05, 0.1) is 44.5 Å². The smallest absolute Gasteiger partial charge is 0.404 e. The van der Waals surface area contributed by atoms with Crippen LogP contribution in [0.4, 0.5) is 19.0 Å². The monoisotopic (exact) mass is 957 g/mol. The highest BCUT2D eigenvalue weighted by atomic mass is 19.4. The van der Waals surface area contributed by atoms with Crippen molar-refractivity contribution >= 4 is 34.7 Å². The summed E-state index contributed by atoms with van der Waals surface area (Å²) in [6, 6.07) is 8.93. The number of likely N-dealkylation sites (tertiary alicyclic amines) is 2. The number of morpholine rings is 1. The molecule has 1 spiro atoms. The molecule has 1 N–H and O–H groups in total. The van der Waals surface area contributed by atoms with Crippen LogP contribution in [-0.2, 0) is 34.5 Å². The quantitative estimate of drug-likeness (QED) is 0.140. The number of anilines is 1. The van der Waals surface area contributed by atoms with E-state index in [1.54, 1.807) is 43.0 Å². The van der Waals surface area contributed by atoms with Gasteiger partial charge < -0.3 is 43.4 Å². The number of benzene rings is 2. The van der Waals surface area contributed by atoms with Gasteiger partial charge in [0.25, 0.3) is 11.5 Å². The molecule has 69 heavy (non-hydrogen) atoms. The van der Waals surface area contributed by atoms with E-state index in [0.717, 1.165) is 52.6 Å². The first-order valence-electron chi connectivity index (χ1n) is 24.1. The predicted octanol–water partition coefficient (Wildman–Crippen LogP) is 5.97. The highest BCUT2D eigenvalue weighted by molar-refractivity contribution is 6.01.